The van der Waals surface area contributed by atoms with Crippen LogP contribution < -0.4 is 10.6 Å². The number of likely N-dealkylation sites (N-methyl/N-ethyl adjacent to an activating group) is 1. The van der Waals surface area contributed by atoms with E-state index in [1.165, 1.54) is 11.3 Å². The first-order valence-corrected chi connectivity index (χ1v) is 11.3. The molecule has 0 radical (unpaired) electrons. The minimum absolute atomic E-state index is 0.0222. The maximum absolute atomic E-state index is 12.8. The number of carbonyl (C=O) groups excluding carboxylic acids is 3. The van der Waals surface area contributed by atoms with Gasteiger partial charge in [-0.2, -0.15) is 0 Å². The number of hydrogen-bond donors (Lipinski definition) is 3. The van der Waals surface area contributed by atoms with Crippen molar-refractivity contribution in [3.63, 3.8) is 0 Å². The maximum Gasteiger partial charge on any atom is 0.331 e. The molecule has 2 aliphatic heterocycles. The lowest BCUT2D eigenvalue weighted by molar-refractivity contribution is -0.139. The number of esters is 1. The summed E-state index contributed by atoms with van der Waals surface area (Å²) in [4.78, 5) is 48.5. The molecule has 2 amide bonds. The molecule has 9 nitrogen and oxygen atoms in total. The Kier molecular flexibility index (Phi) is 5.36. The molecule has 0 unspecified atom stereocenters. The van der Waals surface area contributed by atoms with Crippen LogP contribution in [-0.2, 0) is 22.5 Å². The van der Waals surface area contributed by atoms with Gasteiger partial charge in [-0.05, 0) is 31.3 Å². The Balaban J connectivity index is 1.29. The lowest BCUT2D eigenvalue weighted by Crippen LogP contribution is -2.52. The molecule has 3 aromatic rings. The van der Waals surface area contributed by atoms with Crippen molar-refractivity contribution in [1.29, 1.82) is 0 Å². The van der Waals surface area contributed by atoms with Crippen molar-refractivity contribution in [1.82, 2.24) is 25.5 Å². The third kappa shape index (κ3) is 3.96. The van der Waals surface area contributed by atoms with Crippen LogP contribution in [0, 0.1) is 0 Å². The summed E-state index contributed by atoms with van der Waals surface area (Å²) in [5.74, 6) is -1.45. The van der Waals surface area contributed by atoms with E-state index in [-0.39, 0.29) is 18.2 Å². The molecule has 0 spiro atoms. The molecular weight excluding hydrogens is 454 g/mol. The highest BCUT2D eigenvalue weighted by Gasteiger charge is 2.40. The highest BCUT2D eigenvalue weighted by atomic mass is 35.5. The second-order valence-corrected chi connectivity index (χ2v) is 9.47. The van der Waals surface area contributed by atoms with Gasteiger partial charge in [-0.1, -0.05) is 11.6 Å². The quantitative estimate of drug-likeness (QED) is 0.497. The number of rotatable bonds is 4. The molecule has 1 saturated heterocycles. The predicted octanol–water partition coefficient (Wildman–Crippen LogP) is 1.72. The number of thiazole rings is 1. The Labute approximate surface area is 192 Å². The molecule has 2 atom stereocenters. The number of H-pyrrole nitrogens is 1. The number of cyclic esters (lactones) is 1. The van der Waals surface area contributed by atoms with E-state index in [2.05, 4.69) is 25.5 Å². The predicted molar refractivity (Wildman–Crippen MR) is 119 cm³/mol. The van der Waals surface area contributed by atoms with Crippen molar-refractivity contribution in [3.05, 3.63) is 50.6 Å². The van der Waals surface area contributed by atoms with E-state index in [0.717, 1.165) is 41.0 Å². The van der Waals surface area contributed by atoms with E-state index in [0.29, 0.717) is 10.0 Å². The Hall–Kier alpha value is -2.95. The van der Waals surface area contributed by atoms with Crippen molar-refractivity contribution in [2.24, 2.45) is 0 Å². The van der Waals surface area contributed by atoms with Gasteiger partial charge in [0.15, 0.2) is 11.0 Å². The van der Waals surface area contributed by atoms with Crippen molar-refractivity contribution < 1.29 is 19.1 Å². The minimum Gasteiger partial charge on any atom is -0.462 e. The molecule has 1 aromatic carbocycles. The average molecular weight is 474 g/mol. The molecular formula is C21H20ClN5O4S. The van der Waals surface area contributed by atoms with Gasteiger partial charge in [0.25, 0.3) is 11.8 Å². The van der Waals surface area contributed by atoms with Crippen LogP contribution in [0.1, 0.15) is 30.9 Å². The van der Waals surface area contributed by atoms with Gasteiger partial charge in [-0.15, -0.1) is 11.3 Å². The monoisotopic (exact) mass is 473 g/mol. The third-order valence-corrected chi connectivity index (χ3v) is 6.92. The lowest BCUT2D eigenvalue weighted by Gasteiger charge is -2.20. The molecule has 4 heterocycles. The molecule has 0 saturated carbocycles. The number of hydrogen-bond acceptors (Lipinski definition) is 7. The number of nitrogens with one attached hydrogen (secondary N) is 3. The summed E-state index contributed by atoms with van der Waals surface area (Å²) in [6.45, 7) is 1.64. The summed E-state index contributed by atoms with van der Waals surface area (Å²) in [5, 5.41) is 7.14. The first-order valence-electron chi connectivity index (χ1n) is 10.1. The molecule has 166 valence electrons. The zero-order chi connectivity index (χ0) is 22.4. The van der Waals surface area contributed by atoms with E-state index >= 15 is 0 Å². The first-order chi connectivity index (χ1) is 15.4. The fourth-order valence-electron chi connectivity index (χ4n) is 3.90. The summed E-state index contributed by atoms with van der Waals surface area (Å²) in [5.41, 5.74) is 1.97. The van der Waals surface area contributed by atoms with Gasteiger partial charge in [0.05, 0.1) is 11.7 Å². The van der Waals surface area contributed by atoms with Gasteiger partial charge < -0.3 is 25.3 Å². The van der Waals surface area contributed by atoms with Crippen molar-refractivity contribution >= 4 is 51.6 Å². The number of ether oxygens (including phenoxy) is 1. The highest BCUT2D eigenvalue weighted by Crippen LogP contribution is 2.25. The van der Waals surface area contributed by atoms with E-state index in [4.69, 9.17) is 16.3 Å². The zero-order valence-electron chi connectivity index (χ0n) is 17.1. The van der Waals surface area contributed by atoms with Gasteiger partial charge in [0.1, 0.15) is 12.3 Å². The second-order valence-electron chi connectivity index (χ2n) is 7.95. The van der Waals surface area contributed by atoms with Crippen molar-refractivity contribution in [2.45, 2.75) is 25.0 Å². The Morgan fingerprint density at radius 2 is 2.12 bits per heavy atom. The number of aromatic amines is 1. The van der Waals surface area contributed by atoms with E-state index in [1.54, 1.807) is 24.3 Å². The van der Waals surface area contributed by atoms with E-state index < -0.39 is 24.0 Å². The van der Waals surface area contributed by atoms with Gasteiger partial charge in [-0.25, -0.2) is 9.78 Å². The van der Waals surface area contributed by atoms with Crippen LogP contribution in [0.3, 0.4) is 0 Å². The number of nitrogens with zero attached hydrogens (tertiary/aromatic N) is 2. The molecule has 2 aromatic heterocycles. The van der Waals surface area contributed by atoms with Crippen LogP contribution in [0.15, 0.2) is 24.3 Å². The van der Waals surface area contributed by atoms with Crippen LogP contribution in [0.25, 0.3) is 10.9 Å². The van der Waals surface area contributed by atoms with Gasteiger partial charge in [0, 0.05) is 40.3 Å². The Bertz CT molecular complexity index is 1240. The lowest BCUT2D eigenvalue weighted by atomic mass is 10.1. The van der Waals surface area contributed by atoms with Crippen LogP contribution in [-0.4, -0.2) is 64.9 Å². The molecule has 3 N–H and O–H groups in total. The van der Waals surface area contributed by atoms with Crippen molar-refractivity contribution in [2.75, 3.05) is 20.2 Å². The molecule has 0 aliphatic carbocycles. The minimum atomic E-state index is -0.998. The van der Waals surface area contributed by atoms with Gasteiger partial charge in [-0.3, -0.25) is 9.59 Å². The van der Waals surface area contributed by atoms with E-state index in [9.17, 15) is 14.4 Å². The smallest absolute Gasteiger partial charge is 0.331 e. The van der Waals surface area contributed by atoms with Crippen LogP contribution in [0.4, 0.5) is 0 Å². The largest absolute Gasteiger partial charge is 0.462 e. The van der Waals surface area contributed by atoms with Crippen LogP contribution >= 0.6 is 22.9 Å². The zero-order valence-corrected chi connectivity index (χ0v) is 18.7. The molecule has 11 heteroatoms. The molecule has 0 bridgehead atoms. The van der Waals surface area contributed by atoms with Crippen LogP contribution in [0.5, 0.6) is 0 Å². The molecule has 32 heavy (non-hydrogen) atoms. The number of aromatic nitrogens is 2. The average Bonchev–Trinajstić information content (AvgIpc) is 3.45. The molecule has 2 aliphatic rings. The number of halogens is 1. The summed E-state index contributed by atoms with van der Waals surface area (Å²) >= 11 is 7.35. The number of fused-ring (bicyclic) bond motifs is 2. The van der Waals surface area contributed by atoms with Crippen LogP contribution in [0.2, 0.25) is 5.02 Å². The summed E-state index contributed by atoms with van der Waals surface area (Å²) < 4.78 is 5.10. The summed E-state index contributed by atoms with van der Waals surface area (Å²) in [6.07, 6.45) is 0.801. The van der Waals surface area contributed by atoms with Gasteiger partial charge >= 0.3 is 5.97 Å². The second kappa shape index (κ2) is 8.19. The van der Waals surface area contributed by atoms with Crippen molar-refractivity contribution in [3.8, 4) is 0 Å². The molecule has 5 rings (SSSR count). The Morgan fingerprint density at radius 1 is 1.28 bits per heavy atom. The maximum atomic E-state index is 12.8. The first kappa shape index (κ1) is 20.9. The number of carbonyl (C=O) groups is 3. The van der Waals surface area contributed by atoms with Gasteiger partial charge in [0.2, 0.25) is 0 Å². The topological polar surface area (TPSA) is 116 Å². The normalized spacial score (nSPS) is 20.8. The SMILES string of the molecule is CN1CCc2nc(C(=O)N[C@@H]3COC(=O)[C@H]3NC(=O)c3cc4cc(Cl)ccc4[nH]3)sc2C1. The molecule has 1 fully saturated rings. The highest BCUT2D eigenvalue weighted by molar-refractivity contribution is 7.13. The number of amides is 2. The fourth-order valence-corrected chi connectivity index (χ4v) is 5.17. The summed E-state index contributed by atoms with van der Waals surface area (Å²) in [6, 6.07) is 5.19. The van der Waals surface area contributed by atoms with E-state index in [1.807, 2.05) is 7.05 Å². The standard InChI is InChI=1S/C21H20ClN5O4S/c1-27-5-4-13-16(8-27)32-20(25-13)19(29)24-15-9-31-21(30)17(15)26-18(28)14-7-10-6-11(22)2-3-12(10)23-14/h2-3,6-7,15,17,23H,4-5,8-9H2,1H3,(H,24,29)(H,26,28)/t15-,17+/m1/s1. The fraction of sp³-hybridized carbons (Fsp3) is 0.333. The Morgan fingerprint density at radius 3 is 2.97 bits per heavy atom. The number of benzene rings is 1. The third-order valence-electron chi connectivity index (χ3n) is 5.61. The summed E-state index contributed by atoms with van der Waals surface area (Å²) in [7, 11) is 2.03.